The summed E-state index contributed by atoms with van der Waals surface area (Å²) in [7, 11) is 0. The number of benzene rings is 1. The summed E-state index contributed by atoms with van der Waals surface area (Å²) in [6.07, 6.45) is -2.01. The van der Waals surface area contributed by atoms with Crippen LogP contribution < -0.4 is 9.47 Å². The van der Waals surface area contributed by atoms with Gasteiger partial charge in [-0.15, -0.1) is 10.2 Å². The molecular weight excluding hydrogens is 413 g/mol. The third-order valence-corrected chi connectivity index (χ3v) is 5.62. The summed E-state index contributed by atoms with van der Waals surface area (Å²) >= 11 is 0. The maximum Gasteiger partial charge on any atom is 0.417 e. The normalized spacial score (nSPS) is 18.9. The van der Waals surface area contributed by atoms with Gasteiger partial charge >= 0.3 is 6.18 Å². The average Bonchev–Trinajstić information content (AvgIpc) is 3.21. The summed E-state index contributed by atoms with van der Waals surface area (Å²) < 4.78 is 51.9. The van der Waals surface area contributed by atoms with E-state index in [0.717, 1.165) is 18.7 Å². The van der Waals surface area contributed by atoms with E-state index in [1.165, 1.54) is 10.5 Å². The largest absolute Gasteiger partial charge is 0.486 e. The number of fused-ring (bicyclic) bond motifs is 2. The van der Waals surface area contributed by atoms with Crippen LogP contribution in [0.2, 0.25) is 0 Å². The molecule has 1 fully saturated rings. The van der Waals surface area contributed by atoms with Crippen molar-refractivity contribution in [2.24, 2.45) is 0 Å². The number of rotatable bonds is 2. The number of carbonyl (C=O) groups excluding carboxylic acids is 1. The molecule has 0 spiro atoms. The Morgan fingerprint density at radius 3 is 2.68 bits per heavy atom. The van der Waals surface area contributed by atoms with E-state index in [2.05, 4.69) is 10.2 Å². The van der Waals surface area contributed by atoms with Crippen molar-refractivity contribution < 1.29 is 27.4 Å². The first-order valence-electron chi connectivity index (χ1n) is 10.0. The molecule has 0 saturated carbocycles. The van der Waals surface area contributed by atoms with Crippen molar-refractivity contribution in [3.8, 4) is 11.5 Å². The molecule has 1 amide bonds. The van der Waals surface area contributed by atoms with Crippen LogP contribution in [0, 0.1) is 0 Å². The number of likely N-dealkylation sites (tertiary alicyclic amines) is 1. The molecule has 0 N–H and O–H groups in total. The van der Waals surface area contributed by atoms with Crippen LogP contribution in [0.3, 0.4) is 0 Å². The molecule has 31 heavy (non-hydrogen) atoms. The maximum absolute atomic E-state index is 13.1. The number of hydrogen-bond acceptors (Lipinski definition) is 5. The first kappa shape index (κ1) is 19.7. The minimum absolute atomic E-state index is 0.161. The molecule has 1 saturated heterocycles. The Hall–Kier alpha value is -3.30. The molecule has 7 nitrogen and oxygen atoms in total. The SMILES string of the molecule is O=C(c1ccc2c(c1)OCCO2)N1CCCC(c2nnc3ccc(C(F)(F)F)cn23)C1. The zero-order valence-electron chi connectivity index (χ0n) is 16.4. The topological polar surface area (TPSA) is 69.0 Å². The van der Waals surface area contributed by atoms with Crippen molar-refractivity contribution in [2.75, 3.05) is 26.3 Å². The number of alkyl halides is 3. The first-order chi connectivity index (χ1) is 14.9. The molecule has 162 valence electrons. The monoisotopic (exact) mass is 432 g/mol. The van der Waals surface area contributed by atoms with E-state index in [9.17, 15) is 18.0 Å². The second-order valence-corrected chi connectivity index (χ2v) is 7.65. The van der Waals surface area contributed by atoms with Crippen molar-refractivity contribution in [3.05, 3.63) is 53.5 Å². The second-order valence-electron chi connectivity index (χ2n) is 7.65. The lowest BCUT2D eigenvalue weighted by Crippen LogP contribution is -2.39. The predicted molar refractivity (Wildman–Crippen MR) is 103 cm³/mol. The highest BCUT2D eigenvalue weighted by molar-refractivity contribution is 5.95. The molecule has 5 rings (SSSR count). The highest BCUT2D eigenvalue weighted by Gasteiger charge is 2.33. The van der Waals surface area contributed by atoms with Crippen LogP contribution >= 0.6 is 0 Å². The van der Waals surface area contributed by atoms with Gasteiger partial charge in [0.2, 0.25) is 0 Å². The standard InChI is InChI=1S/C21H19F3N4O3/c22-21(23,24)15-4-6-18-25-26-19(28(18)12-15)14-2-1-7-27(11-14)20(29)13-3-5-16-17(10-13)31-9-8-30-16/h3-6,10,12,14H,1-2,7-9,11H2. The lowest BCUT2D eigenvalue weighted by atomic mass is 9.96. The van der Waals surface area contributed by atoms with E-state index < -0.39 is 11.7 Å². The van der Waals surface area contributed by atoms with Gasteiger partial charge in [-0.25, -0.2) is 0 Å². The lowest BCUT2D eigenvalue weighted by Gasteiger charge is -2.32. The van der Waals surface area contributed by atoms with Gasteiger partial charge in [-0.05, 0) is 43.2 Å². The van der Waals surface area contributed by atoms with Gasteiger partial charge in [0.25, 0.3) is 5.91 Å². The van der Waals surface area contributed by atoms with Gasteiger partial charge in [-0.2, -0.15) is 13.2 Å². The van der Waals surface area contributed by atoms with E-state index in [4.69, 9.17) is 9.47 Å². The Bertz CT molecular complexity index is 1140. The Labute approximate surface area is 175 Å². The predicted octanol–water partition coefficient (Wildman–Crippen LogP) is 3.54. The molecule has 3 aromatic rings. The Kier molecular flexibility index (Phi) is 4.71. The molecule has 2 aliphatic heterocycles. The van der Waals surface area contributed by atoms with Crippen LogP contribution in [0.4, 0.5) is 13.2 Å². The van der Waals surface area contributed by atoms with Gasteiger partial charge in [0, 0.05) is 30.8 Å². The number of hydrogen-bond donors (Lipinski definition) is 0. The minimum Gasteiger partial charge on any atom is -0.486 e. The number of carbonyl (C=O) groups is 1. The molecule has 0 aliphatic carbocycles. The minimum atomic E-state index is -4.46. The number of amides is 1. The Morgan fingerprint density at radius 1 is 1.06 bits per heavy atom. The van der Waals surface area contributed by atoms with Crippen molar-refractivity contribution in [2.45, 2.75) is 24.9 Å². The third kappa shape index (κ3) is 3.66. The fourth-order valence-electron chi connectivity index (χ4n) is 4.09. The summed E-state index contributed by atoms with van der Waals surface area (Å²) in [5, 5.41) is 8.14. The molecule has 4 heterocycles. The van der Waals surface area contributed by atoms with Crippen LogP contribution in [0.25, 0.3) is 5.65 Å². The molecule has 2 aliphatic rings. The van der Waals surface area contributed by atoms with Crippen LogP contribution in [0.5, 0.6) is 11.5 Å². The number of halogens is 3. The van der Waals surface area contributed by atoms with Gasteiger partial charge < -0.3 is 14.4 Å². The highest BCUT2D eigenvalue weighted by atomic mass is 19.4. The van der Waals surface area contributed by atoms with E-state index in [-0.39, 0.29) is 11.8 Å². The fourth-order valence-corrected chi connectivity index (χ4v) is 4.09. The van der Waals surface area contributed by atoms with E-state index in [1.807, 2.05) is 0 Å². The van der Waals surface area contributed by atoms with Gasteiger partial charge in [-0.1, -0.05) is 0 Å². The smallest absolute Gasteiger partial charge is 0.417 e. The molecule has 2 aromatic heterocycles. The summed E-state index contributed by atoms with van der Waals surface area (Å²) in [4.78, 5) is 14.8. The van der Waals surface area contributed by atoms with Gasteiger partial charge in [0.05, 0.1) is 5.56 Å². The maximum atomic E-state index is 13.1. The quantitative estimate of drug-likeness (QED) is 0.620. The van der Waals surface area contributed by atoms with Gasteiger partial charge in [0.15, 0.2) is 17.1 Å². The zero-order chi connectivity index (χ0) is 21.6. The van der Waals surface area contributed by atoms with Gasteiger partial charge in [0.1, 0.15) is 19.0 Å². The third-order valence-electron chi connectivity index (χ3n) is 5.62. The average molecular weight is 432 g/mol. The number of nitrogens with zero attached hydrogens (tertiary/aromatic N) is 4. The zero-order valence-corrected chi connectivity index (χ0v) is 16.4. The fraction of sp³-hybridized carbons (Fsp3) is 0.381. The van der Waals surface area contributed by atoms with Crippen molar-refractivity contribution in [3.63, 3.8) is 0 Å². The lowest BCUT2D eigenvalue weighted by molar-refractivity contribution is -0.137. The molecule has 0 radical (unpaired) electrons. The molecule has 1 atom stereocenters. The van der Waals surface area contributed by atoms with E-state index in [0.29, 0.717) is 61.3 Å². The highest BCUT2D eigenvalue weighted by Crippen LogP contribution is 2.33. The van der Waals surface area contributed by atoms with Crippen molar-refractivity contribution >= 4 is 11.6 Å². The van der Waals surface area contributed by atoms with Crippen LogP contribution in [0.1, 0.15) is 40.5 Å². The van der Waals surface area contributed by atoms with Crippen LogP contribution in [0.15, 0.2) is 36.5 Å². The molecule has 1 unspecified atom stereocenters. The van der Waals surface area contributed by atoms with Crippen molar-refractivity contribution in [1.82, 2.24) is 19.5 Å². The summed E-state index contributed by atoms with van der Waals surface area (Å²) in [5.74, 6) is 1.20. The Balaban J connectivity index is 1.40. The number of piperidine rings is 1. The van der Waals surface area contributed by atoms with Crippen molar-refractivity contribution in [1.29, 1.82) is 0 Å². The summed E-state index contributed by atoms with van der Waals surface area (Å²) in [6.45, 7) is 1.81. The molecule has 0 bridgehead atoms. The van der Waals surface area contributed by atoms with Crippen LogP contribution in [-0.4, -0.2) is 51.7 Å². The van der Waals surface area contributed by atoms with E-state index >= 15 is 0 Å². The summed E-state index contributed by atoms with van der Waals surface area (Å²) in [5.41, 5.74) is 0.0646. The number of ether oxygens (including phenoxy) is 2. The molecule has 10 heteroatoms. The number of pyridine rings is 1. The second kappa shape index (κ2) is 7.44. The molecule has 1 aromatic carbocycles. The van der Waals surface area contributed by atoms with E-state index in [1.54, 1.807) is 23.1 Å². The first-order valence-corrected chi connectivity index (χ1v) is 10.0. The number of aromatic nitrogens is 3. The van der Waals surface area contributed by atoms with Crippen LogP contribution in [-0.2, 0) is 6.18 Å². The van der Waals surface area contributed by atoms with Gasteiger partial charge in [-0.3, -0.25) is 9.20 Å². The molecular formula is C21H19F3N4O3. The summed E-state index contributed by atoms with van der Waals surface area (Å²) in [6, 6.07) is 7.38. The Morgan fingerprint density at radius 2 is 1.87 bits per heavy atom.